The summed E-state index contributed by atoms with van der Waals surface area (Å²) in [5, 5.41) is 6.92. The number of furan rings is 1. The van der Waals surface area contributed by atoms with Crippen molar-refractivity contribution in [2.45, 2.75) is 0 Å². The van der Waals surface area contributed by atoms with Crippen LogP contribution < -0.4 is 10.6 Å². The van der Waals surface area contributed by atoms with Crippen LogP contribution in [0.25, 0.3) is 17.4 Å². The molecule has 1 amide bonds. The first-order valence-corrected chi connectivity index (χ1v) is 10.1. The molecule has 0 bridgehead atoms. The molecular weight excluding hydrogens is 474 g/mol. The van der Waals surface area contributed by atoms with Gasteiger partial charge in [-0.3, -0.25) is 10.1 Å². The Kier molecular flexibility index (Phi) is 7.22. The minimum atomic E-state index is -0.445. The average Bonchev–Trinajstić information content (AvgIpc) is 3.15. The number of nitrogens with one attached hydrogen (secondary N) is 2. The van der Waals surface area contributed by atoms with Crippen LogP contribution in [0.1, 0.15) is 5.76 Å². The Morgan fingerprint density at radius 1 is 0.931 bits per heavy atom. The molecule has 0 unspecified atom stereocenters. The van der Waals surface area contributed by atoms with Gasteiger partial charge >= 0.3 is 0 Å². The molecule has 3 rings (SSSR count). The first-order chi connectivity index (χ1) is 13.8. The summed E-state index contributed by atoms with van der Waals surface area (Å²) >= 11 is 29.4. The summed E-state index contributed by atoms with van der Waals surface area (Å²) in [5.41, 5.74) is 1.15. The van der Waals surface area contributed by atoms with E-state index in [1.54, 1.807) is 48.5 Å². The Balaban J connectivity index is 1.62. The maximum absolute atomic E-state index is 12.1. The van der Waals surface area contributed by atoms with Crippen molar-refractivity contribution in [1.29, 1.82) is 0 Å². The summed E-state index contributed by atoms with van der Waals surface area (Å²) in [5.74, 6) is 0.549. The summed E-state index contributed by atoms with van der Waals surface area (Å²) < 4.78 is 5.69. The topological polar surface area (TPSA) is 54.3 Å². The number of carbonyl (C=O) groups is 1. The standard InChI is InChI=1S/C20H12Cl4N2O2S/c21-13-4-1-3-12(18(13)23)16-9-7-11(28-16)8-10-17(27)26-20(29)25-15-6-2-5-14(22)19(15)24/h1-10H,(H2,25,26,27,29). The lowest BCUT2D eigenvalue weighted by Gasteiger charge is -2.10. The summed E-state index contributed by atoms with van der Waals surface area (Å²) in [4.78, 5) is 12.1. The number of amides is 1. The van der Waals surface area contributed by atoms with Crippen molar-refractivity contribution >= 4 is 81.4 Å². The zero-order valence-corrected chi connectivity index (χ0v) is 18.4. The molecular formula is C20H12Cl4N2O2S. The predicted molar refractivity (Wildman–Crippen MR) is 124 cm³/mol. The van der Waals surface area contributed by atoms with Gasteiger partial charge in [0, 0.05) is 11.6 Å². The van der Waals surface area contributed by atoms with Crippen molar-refractivity contribution in [3.8, 4) is 11.3 Å². The molecule has 29 heavy (non-hydrogen) atoms. The van der Waals surface area contributed by atoms with Crippen LogP contribution in [-0.4, -0.2) is 11.0 Å². The molecule has 0 aliphatic heterocycles. The van der Waals surface area contributed by atoms with Gasteiger partial charge in [-0.1, -0.05) is 58.5 Å². The molecule has 0 fully saturated rings. The van der Waals surface area contributed by atoms with Gasteiger partial charge in [0.25, 0.3) is 0 Å². The Morgan fingerprint density at radius 2 is 1.62 bits per heavy atom. The van der Waals surface area contributed by atoms with Crippen LogP contribution >= 0.6 is 58.6 Å². The second-order valence-corrected chi connectivity index (χ2v) is 7.66. The van der Waals surface area contributed by atoms with Crippen molar-refractivity contribution in [3.63, 3.8) is 0 Å². The van der Waals surface area contributed by atoms with Gasteiger partial charge in [0.15, 0.2) is 5.11 Å². The van der Waals surface area contributed by atoms with Crippen molar-refractivity contribution in [3.05, 3.63) is 80.5 Å². The van der Waals surface area contributed by atoms with E-state index in [1.165, 1.54) is 12.2 Å². The number of hydrogen-bond acceptors (Lipinski definition) is 3. The summed E-state index contributed by atoms with van der Waals surface area (Å²) in [6, 6.07) is 13.7. The molecule has 0 radical (unpaired) electrons. The third-order valence-electron chi connectivity index (χ3n) is 3.68. The Morgan fingerprint density at radius 3 is 2.38 bits per heavy atom. The van der Waals surface area contributed by atoms with Gasteiger partial charge in [-0.05, 0) is 54.7 Å². The van der Waals surface area contributed by atoms with Gasteiger partial charge < -0.3 is 9.73 Å². The third-order valence-corrected chi connectivity index (χ3v) is 5.52. The maximum Gasteiger partial charge on any atom is 0.250 e. The lowest BCUT2D eigenvalue weighted by molar-refractivity contribution is -0.115. The van der Waals surface area contributed by atoms with E-state index in [2.05, 4.69) is 10.6 Å². The fraction of sp³-hybridized carbons (Fsp3) is 0. The van der Waals surface area contributed by atoms with E-state index in [-0.39, 0.29) is 5.11 Å². The van der Waals surface area contributed by atoms with Crippen molar-refractivity contribution in [1.82, 2.24) is 5.32 Å². The summed E-state index contributed by atoms with van der Waals surface area (Å²) in [6.07, 6.45) is 2.79. The molecule has 9 heteroatoms. The van der Waals surface area contributed by atoms with E-state index in [4.69, 9.17) is 63.0 Å². The van der Waals surface area contributed by atoms with Crippen LogP contribution in [-0.2, 0) is 4.79 Å². The monoisotopic (exact) mass is 484 g/mol. The number of anilines is 1. The van der Waals surface area contributed by atoms with Crippen LogP contribution in [0.15, 0.2) is 59.0 Å². The smallest absolute Gasteiger partial charge is 0.250 e. The molecule has 0 saturated heterocycles. The minimum Gasteiger partial charge on any atom is -0.457 e. The molecule has 0 aliphatic carbocycles. The Labute approximate surface area is 192 Å². The van der Waals surface area contributed by atoms with E-state index >= 15 is 0 Å². The van der Waals surface area contributed by atoms with Crippen LogP contribution in [0.5, 0.6) is 0 Å². The molecule has 2 aromatic carbocycles. The van der Waals surface area contributed by atoms with Crippen LogP contribution in [0, 0.1) is 0 Å². The molecule has 1 heterocycles. The number of halogens is 4. The molecule has 0 atom stereocenters. The number of thiocarbonyl (C=S) groups is 1. The third kappa shape index (κ3) is 5.53. The van der Waals surface area contributed by atoms with E-state index in [0.29, 0.717) is 42.9 Å². The average molecular weight is 486 g/mol. The van der Waals surface area contributed by atoms with E-state index in [1.807, 2.05) is 0 Å². The normalized spacial score (nSPS) is 10.9. The van der Waals surface area contributed by atoms with E-state index in [0.717, 1.165) is 0 Å². The lowest BCUT2D eigenvalue weighted by atomic mass is 10.2. The Bertz CT molecular complexity index is 1110. The molecule has 4 nitrogen and oxygen atoms in total. The quantitative estimate of drug-likeness (QED) is 0.306. The molecule has 2 N–H and O–H groups in total. The van der Waals surface area contributed by atoms with Crippen molar-refractivity contribution in [2.24, 2.45) is 0 Å². The van der Waals surface area contributed by atoms with Gasteiger partial charge in [-0.15, -0.1) is 0 Å². The van der Waals surface area contributed by atoms with Gasteiger partial charge in [0.1, 0.15) is 11.5 Å². The summed E-state index contributed by atoms with van der Waals surface area (Å²) in [6.45, 7) is 0. The highest BCUT2D eigenvalue weighted by molar-refractivity contribution is 7.80. The van der Waals surface area contributed by atoms with Gasteiger partial charge in [-0.25, -0.2) is 0 Å². The SMILES string of the molecule is O=C(C=Cc1ccc(-c2cccc(Cl)c2Cl)o1)NC(=S)Nc1cccc(Cl)c1Cl. The molecule has 3 aromatic rings. The molecule has 0 saturated carbocycles. The minimum absolute atomic E-state index is 0.0784. The fourth-order valence-electron chi connectivity index (χ4n) is 2.35. The Hall–Kier alpha value is -2.02. The second-order valence-electron chi connectivity index (χ2n) is 5.68. The highest BCUT2D eigenvalue weighted by Crippen LogP contribution is 2.34. The van der Waals surface area contributed by atoms with Gasteiger partial charge in [0.2, 0.25) is 5.91 Å². The zero-order chi connectivity index (χ0) is 21.0. The van der Waals surface area contributed by atoms with E-state index in [9.17, 15) is 4.79 Å². The van der Waals surface area contributed by atoms with Crippen LogP contribution in [0.4, 0.5) is 5.69 Å². The lowest BCUT2D eigenvalue weighted by Crippen LogP contribution is -2.32. The van der Waals surface area contributed by atoms with Crippen LogP contribution in [0.3, 0.4) is 0 Å². The molecule has 0 aliphatic rings. The van der Waals surface area contributed by atoms with E-state index < -0.39 is 5.91 Å². The highest BCUT2D eigenvalue weighted by Gasteiger charge is 2.11. The fourth-order valence-corrected chi connectivity index (χ4v) is 3.30. The van der Waals surface area contributed by atoms with Gasteiger partial charge in [0.05, 0.1) is 25.8 Å². The number of rotatable bonds is 4. The largest absolute Gasteiger partial charge is 0.457 e. The second kappa shape index (κ2) is 9.65. The van der Waals surface area contributed by atoms with Crippen LogP contribution in [0.2, 0.25) is 20.1 Å². The zero-order valence-electron chi connectivity index (χ0n) is 14.5. The number of hydrogen-bond donors (Lipinski definition) is 2. The van der Waals surface area contributed by atoms with Gasteiger partial charge in [-0.2, -0.15) is 0 Å². The van der Waals surface area contributed by atoms with Crippen molar-refractivity contribution < 1.29 is 9.21 Å². The number of benzene rings is 2. The molecule has 1 aromatic heterocycles. The van der Waals surface area contributed by atoms with Crippen molar-refractivity contribution in [2.75, 3.05) is 5.32 Å². The first kappa shape index (κ1) is 21.7. The predicted octanol–water partition coefficient (Wildman–Crippen LogP) is 7.09. The number of carbonyl (C=O) groups excluding carboxylic acids is 1. The summed E-state index contributed by atoms with van der Waals surface area (Å²) in [7, 11) is 0. The molecule has 0 spiro atoms. The maximum atomic E-state index is 12.1. The highest BCUT2D eigenvalue weighted by atomic mass is 35.5. The first-order valence-electron chi connectivity index (χ1n) is 8.13. The molecule has 148 valence electrons.